The standard InChI is InChI=1S/C8H10N2O3S/c1-10(14(11,12)6-4-9)7-8-3-2-5-13-8/h2-3,5H,6-7H2,1H3. The molecule has 0 saturated carbocycles. The number of sulfonamides is 1. The zero-order valence-corrected chi connectivity index (χ0v) is 8.49. The molecule has 14 heavy (non-hydrogen) atoms. The van der Waals surface area contributed by atoms with Gasteiger partial charge in [-0.25, -0.2) is 8.42 Å². The molecule has 0 aliphatic rings. The number of nitriles is 1. The van der Waals surface area contributed by atoms with Gasteiger partial charge in [0.1, 0.15) is 5.76 Å². The van der Waals surface area contributed by atoms with Crippen LogP contribution in [0, 0.1) is 11.3 Å². The first-order valence-electron chi connectivity index (χ1n) is 3.89. The predicted molar refractivity (Wildman–Crippen MR) is 49.6 cm³/mol. The molecule has 0 spiro atoms. The van der Waals surface area contributed by atoms with Crippen molar-refractivity contribution in [3.63, 3.8) is 0 Å². The molecule has 0 aliphatic heterocycles. The number of furan rings is 1. The second-order valence-electron chi connectivity index (χ2n) is 2.75. The van der Waals surface area contributed by atoms with Crippen molar-refractivity contribution in [3.05, 3.63) is 24.2 Å². The third-order valence-electron chi connectivity index (χ3n) is 1.68. The molecule has 0 fully saturated rings. The lowest BCUT2D eigenvalue weighted by atomic mass is 10.4. The van der Waals surface area contributed by atoms with E-state index < -0.39 is 15.8 Å². The van der Waals surface area contributed by atoms with Crippen LogP contribution in [0.4, 0.5) is 0 Å². The lowest BCUT2D eigenvalue weighted by Gasteiger charge is -2.12. The molecule has 0 aromatic carbocycles. The maximum Gasteiger partial charge on any atom is 0.227 e. The summed E-state index contributed by atoms with van der Waals surface area (Å²) in [4.78, 5) is 0. The molecule has 0 amide bonds. The lowest BCUT2D eigenvalue weighted by molar-refractivity contribution is 0.407. The van der Waals surface area contributed by atoms with Crippen LogP contribution in [0.2, 0.25) is 0 Å². The smallest absolute Gasteiger partial charge is 0.227 e. The van der Waals surface area contributed by atoms with E-state index in [0.717, 1.165) is 4.31 Å². The fourth-order valence-corrected chi connectivity index (χ4v) is 1.62. The Morgan fingerprint density at radius 3 is 2.86 bits per heavy atom. The number of nitrogens with zero attached hydrogens (tertiary/aromatic N) is 2. The molecule has 0 unspecified atom stereocenters. The normalized spacial score (nSPS) is 11.5. The van der Waals surface area contributed by atoms with E-state index in [1.165, 1.54) is 13.3 Å². The summed E-state index contributed by atoms with van der Waals surface area (Å²) >= 11 is 0. The Balaban J connectivity index is 2.68. The number of hydrogen-bond acceptors (Lipinski definition) is 4. The molecule has 0 aliphatic carbocycles. The maximum absolute atomic E-state index is 11.3. The molecule has 0 saturated heterocycles. The molecule has 6 heteroatoms. The van der Waals surface area contributed by atoms with Gasteiger partial charge < -0.3 is 4.42 Å². The van der Waals surface area contributed by atoms with Crippen molar-refractivity contribution in [1.82, 2.24) is 4.31 Å². The summed E-state index contributed by atoms with van der Waals surface area (Å²) in [5, 5.41) is 8.30. The molecular weight excluding hydrogens is 204 g/mol. The Morgan fingerprint density at radius 2 is 2.36 bits per heavy atom. The topological polar surface area (TPSA) is 74.3 Å². The first-order valence-corrected chi connectivity index (χ1v) is 5.50. The second kappa shape index (κ2) is 4.26. The maximum atomic E-state index is 11.3. The van der Waals surface area contributed by atoms with Gasteiger partial charge >= 0.3 is 0 Å². The van der Waals surface area contributed by atoms with Gasteiger partial charge in [0.05, 0.1) is 18.9 Å². The highest BCUT2D eigenvalue weighted by Crippen LogP contribution is 2.07. The minimum absolute atomic E-state index is 0.150. The van der Waals surface area contributed by atoms with E-state index >= 15 is 0 Å². The third-order valence-corrected chi connectivity index (χ3v) is 3.25. The van der Waals surface area contributed by atoms with E-state index in [0.29, 0.717) is 5.76 Å². The molecule has 1 aromatic heterocycles. The van der Waals surface area contributed by atoms with Crippen molar-refractivity contribution in [2.24, 2.45) is 0 Å². The van der Waals surface area contributed by atoms with Crippen LogP contribution in [0.3, 0.4) is 0 Å². The summed E-state index contributed by atoms with van der Waals surface area (Å²) in [7, 11) is -2.06. The van der Waals surface area contributed by atoms with E-state index in [1.807, 2.05) is 0 Å². The highest BCUT2D eigenvalue weighted by atomic mass is 32.2. The molecule has 0 N–H and O–H groups in total. The van der Waals surface area contributed by atoms with Crippen LogP contribution in [0.25, 0.3) is 0 Å². The van der Waals surface area contributed by atoms with Gasteiger partial charge in [-0.3, -0.25) is 0 Å². The van der Waals surface area contributed by atoms with Gasteiger partial charge in [-0.2, -0.15) is 9.57 Å². The minimum Gasteiger partial charge on any atom is -0.468 e. The van der Waals surface area contributed by atoms with E-state index in [-0.39, 0.29) is 6.54 Å². The van der Waals surface area contributed by atoms with Crippen LogP contribution in [0.1, 0.15) is 5.76 Å². The van der Waals surface area contributed by atoms with E-state index in [2.05, 4.69) is 0 Å². The van der Waals surface area contributed by atoms with Crippen molar-refractivity contribution in [2.45, 2.75) is 6.54 Å². The summed E-state index contributed by atoms with van der Waals surface area (Å²) < 4.78 is 28.7. The average molecular weight is 214 g/mol. The van der Waals surface area contributed by atoms with Crippen LogP contribution < -0.4 is 0 Å². The average Bonchev–Trinajstić information content (AvgIpc) is 2.56. The Morgan fingerprint density at radius 1 is 1.64 bits per heavy atom. The first kappa shape index (κ1) is 10.8. The van der Waals surface area contributed by atoms with Gasteiger partial charge in [0.2, 0.25) is 10.0 Å². The van der Waals surface area contributed by atoms with Crippen molar-refractivity contribution < 1.29 is 12.8 Å². The number of rotatable bonds is 4. The minimum atomic E-state index is -3.47. The summed E-state index contributed by atoms with van der Waals surface area (Å²) in [5.41, 5.74) is 0. The Hall–Kier alpha value is -1.32. The molecule has 1 rings (SSSR count). The molecule has 0 atom stereocenters. The van der Waals surface area contributed by atoms with E-state index in [4.69, 9.17) is 9.68 Å². The summed E-state index contributed by atoms with van der Waals surface area (Å²) in [5.74, 6) is 0.0403. The third kappa shape index (κ3) is 2.58. The fourth-order valence-electron chi connectivity index (χ4n) is 0.912. The summed E-state index contributed by atoms with van der Waals surface area (Å²) in [6.07, 6.45) is 1.47. The Bertz CT molecular complexity index is 416. The van der Waals surface area contributed by atoms with Crippen molar-refractivity contribution in [3.8, 4) is 6.07 Å². The predicted octanol–water partition coefficient (Wildman–Crippen LogP) is 0.565. The van der Waals surface area contributed by atoms with Gasteiger partial charge in [-0.15, -0.1) is 0 Å². The molecule has 76 valence electrons. The summed E-state index contributed by atoms with van der Waals surface area (Å²) in [6.45, 7) is 0.150. The highest BCUT2D eigenvalue weighted by molar-refractivity contribution is 7.89. The van der Waals surface area contributed by atoms with Gasteiger partial charge in [-0.05, 0) is 12.1 Å². The highest BCUT2D eigenvalue weighted by Gasteiger charge is 2.18. The fraction of sp³-hybridized carbons (Fsp3) is 0.375. The largest absolute Gasteiger partial charge is 0.468 e. The van der Waals surface area contributed by atoms with Gasteiger partial charge in [0.25, 0.3) is 0 Å². The first-order chi connectivity index (χ1) is 6.56. The van der Waals surface area contributed by atoms with Crippen LogP contribution in [-0.4, -0.2) is 25.5 Å². The van der Waals surface area contributed by atoms with E-state index in [1.54, 1.807) is 18.2 Å². The zero-order valence-electron chi connectivity index (χ0n) is 7.67. The zero-order chi connectivity index (χ0) is 10.6. The Labute approximate surface area is 82.6 Å². The quantitative estimate of drug-likeness (QED) is 0.734. The van der Waals surface area contributed by atoms with Crippen LogP contribution in [-0.2, 0) is 16.6 Å². The van der Waals surface area contributed by atoms with Crippen LogP contribution in [0.15, 0.2) is 22.8 Å². The number of hydrogen-bond donors (Lipinski definition) is 0. The van der Waals surface area contributed by atoms with Gasteiger partial charge in [0, 0.05) is 7.05 Å². The molecular formula is C8H10N2O3S. The lowest BCUT2D eigenvalue weighted by Crippen LogP contribution is -2.28. The van der Waals surface area contributed by atoms with Gasteiger partial charge in [0.15, 0.2) is 5.75 Å². The monoisotopic (exact) mass is 214 g/mol. The van der Waals surface area contributed by atoms with Crippen molar-refractivity contribution in [1.29, 1.82) is 5.26 Å². The van der Waals surface area contributed by atoms with Gasteiger partial charge in [-0.1, -0.05) is 0 Å². The molecule has 1 heterocycles. The Kier molecular flexibility index (Phi) is 3.28. The SMILES string of the molecule is CN(Cc1ccco1)S(=O)(=O)CC#N. The van der Waals surface area contributed by atoms with Crippen LogP contribution in [0.5, 0.6) is 0 Å². The molecule has 5 nitrogen and oxygen atoms in total. The van der Waals surface area contributed by atoms with Crippen molar-refractivity contribution in [2.75, 3.05) is 12.8 Å². The van der Waals surface area contributed by atoms with E-state index in [9.17, 15) is 8.42 Å². The van der Waals surface area contributed by atoms with Crippen molar-refractivity contribution >= 4 is 10.0 Å². The molecule has 0 bridgehead atoms. The molecule has 1 aromatic rings. The van der Waals surface area contributed by atoms with Crippen LogP contribution >= 0.6 is 0 Å². The summed E-state index contributed by atoms with van der Waals surface area (Å²) in [6, 6.07) is 4.97. The second-order valence-corrected chi connectivity index (χ2v) is 4.83. The molecule has 0 radical (unpaired) electrons.